The third kappa shape index (κ3) is 3.48. The van der Waals surface area contributed by atoms with Crippen molar-refractivity contribution in [3.63, 3.8) is 0 Å². The van der Waals surface area contributed by atoms with Crippen LogP contribution in [0.3, 0.4) is 0 Å². The highest BCUT2D eigenvalue weighted by Gasteiger charge is 2.33. The van der Waals surface area contributed by atoms with E-state index in [2.05, 4.69) is 0 Å². The molecule has 7 heteroatoms. The zero-order valence-electron chi connectivity index (χ0n) is 16.2. The first-order valence-corrected chi connectivity index (χ1v) is 9.23. The van der Waals surface area contributed by atoms with Gasteiger partial charge in [-0.05, 0) is 42.7 Å². The van der Waals surface area contributed by atoms with E-state index in [1.54, 1.807) is 13.8 Å². The third-order valence-electron chi connectivity index (χ3n) is 5.39. The highest BCUT2D eigenvalue weighted by Crippen LogP contribution is 2.39. The number of carboxylic acid groups (broad SMARTS) is 1. The van der Waals surface area contributed by atoms with Gasteiger partial charge in [0.25, 0.3) is 5.91 Å². The van der Waals surface area contributed by atoms with E-state index >= 15 is 0 Å². The van der Waals surface area contributed by atoms with Gasteiger partial charge in [0.2, 0.25) is 0 Å². The number of hydrogen-bond acceptors (Lipinski definition) is 3. The van der Waals surface area contributed by atoms with Crippen LogP contribution in [-0.4, -0.2) is 26.7 Å². The van der Waals surface area contributed by atoms with Crippen LogP contribution in [0.15, 0.2) is 36.4 Å². The lowest BCUT2D eigenvalue weighted by atomic mass is 9.84. The molecule has 0 saturated carbocycles. The van der Waals surface area contributed by atoms with Gasteiger partial charge in [0.1, 0.15) is 5.82 Å². The average Bonchev–Trinajstić information content (AvgIpc) is 2.93. The summed E-state index contributed by atoms with van der Waals surface area (Å²) in [6, 6.07) is 7.21. The Labute approximate surface area is 166 Å². The monoisotopic (exact) mass is 401 g/mol. The number of rotatable bonds is 5. The molecule has 0 radical (unpaired) electrons. The van der Waals surface area contributed by atoms with E-state index in [-0.39, 0.29) is 22.4 Å². The molecule has 1 heterocycles. The van der Waals surface area contributed by atoms with Crippen LogP contribution in [0.5, 0.6) is 5.75 Å². The molecule has 0 amide bonds. The molecule has 3 aromatic rings. The van der Waals surface area contributed by atoms with E-state index in [1.165, 1.54) is 22.8 Å². The number of phenols is 1. The maximum absolute atomic E-state index is 14.1. The van der Waals surface area contributed by atoms with E-state index in [0.29, 0.717) is 17.7 Å². The molecule has 2 aromatic carbocycles. The van der Waals surface area contributed by atoms with Gasteiger partial charge >= 0.3 is 5.97 Å². The van der Waals surface area contributed by atoms with Gasteiger partial charge in [-0.15, -0.1) is 0 Å². The fourth-order valence-corrected chi connectivity index (χ4v) is 3.74. The Morgan fingerprint density at radius 3 is 2.45 bits per heavy atom. The molecule has 152 valence electrons. The molecule has 29 heavy (non-hydrogen) atoms. The van der Waals surface area contributed by atoms with E-state index in [4.69, 9.17) is 0 Å². The summed E-state index contributed by atoms with van der Waals surface area (Å²) in [5.41, 5.74) is 0.811. The zero-order chi connectivity index (χ0) is 21.5. The van der Waals surface area contributed by atoms with Gasteiger partial charge in [0.05, 0.1) is 11.4 Å². The first-order valence-electron chi connectivity index (χ1n) is 9.23. The fourth-order valence-electron chi connectivity index (χ4n) is 3.74. The maximum atomic E-state index is 14.1. The van der Waals surface area contributed by atoms with Crippen molar-refractivity contribution in [1.82, 2.24) is 4.57 Å². The summed E-state index contributed by atoms with van der Waals surface area (Å²) in [6.07, 6.45) is 0.564. The average molecular weight is 401 g/mol. The molecular weight excluding hydrogens is 380 g/mol. The number of phenolic OH excluding ortho intramolecular Hbond substituents is 1. The van der Waals surface area contributed by atoms with E-state index in [9.17, 15) is 28.6 Å². The number of nitrogens with zero attached hydrogens (tertiary/aromatic N) is 1. The molecule has 1 aromatic heterocycles. The predicted molar refractivity (Wildman–Crippen MR) is 104 cm³/mol. The Bertz CT molecular complexity index is 1120. The molecule has 0 aliphatic rings. The minimum absolute atomic E-state index is 0.0421. The van der Waals surface area contributed by atoms with Crippen molar-refractivity contribution >= 4 is 22.8 Å². The van der Waals surface area contributed by atoms with E-state index in [0.717, 1.165) is 18.2 Å². The molecule has 0 aliphatic heterocycles. The maximum Gasteiger partial charge on any atom is 0.311 e. The quantitative estimate of drug-likeness (QED) is 0.641. The normalized spacial score (nSPS) is 13.4. The smallest absolute Gasteiger partial charge is 0.311 e. The number of carbonyl (C=O) groups excluding carboxylic acids is 1. The largest absolute Gasteiger partial charge is 0.505 e. The number of carbonyl (C=O) groups is 2. The van der Waals surface area contributed by atoms with Crippen LogP contribution in [0, 0.1) is 24.5 Å². The van der Waals surface area contributed by atoms with Crippen LogP contribution in [-0.2, 0) is 4.79 Å². The third-order valence-corrected chi connectivity index (χ3v) is 5.39. The summed E-state index contributed by atoms with van der Waals surface area (Å²) >= 11 is 0. The van der Waals surface area contributed by atoms with Crippen LogP contribution < -0.4 is 0 Å². The van der Waals surface area contributed by atoms with Crippen molar-refractivity contribution < 1.29 is 28.6 Å². The molecule has 1 unspecified atom stereocenters. The minimum atomic E-state index is -1.08. The lowest BCUT2D eigenvalue weighted by molar-refractivity contribution is -0.140. The van der Waals surface area contributed by atoms with Gasteiger partial charge < -0.3 is 10.2 Å². The van der Waals surface area contributed by atoms with Gasteiger partial charge in [0.15, 0.2) is 11.6 Å². The van der Waals surface area contributed by atoms with Crippen LogP contribution in [0.4, 0.5) is 8.78 Å². The Hall–Kier alpha value is -3.22. The van der Waals surface area contributed by atoms with Crippen molar-refractivity contribution in [3.8, 4) is 5.75 Å². The second-order valence-electron chi connectivity index (χ2n) is 7.17. The molecule has 0 fully saturated rings. The molecule has 5 nitrogen and oxygen atoms in total. The van der Waals surface area contributed by atoms with Gasteiger partial charge in [0, 0.05) is 22.7 Å². The van der Waals surface area contributed by atoms with Crippen molar-refractivity contribution in [3.05, 3.63) is 64.9 Å². The molecule has 0 bridgehead atoms. The Balaban J connectivity index is 2.37. The summed E-state index contributed by atoms with van der Waals surface area (Å²) < 4.78 is 28.9. The topological polar surface area (TPSA) is 79.5 Å². The first kappa shape index (κ1) is 20.5. The van der Waals surface area contributed by atoms with Gasteiger partial charge in [-0.1, -0.05) is 26.3 Å². The summed E-state index contributed by atoms with van der Waals surface area (Å²) in [7, 11) is 0. The van der Waals surface area contributed by atoms with Gasteiger partial charge in [-0.3, -0.25) is 14.2 Å². The Morgan fingerprint density at radius 1 is 1.17 bits per heavy atom. The number of aromatic nitrogens is 1. The fraction of sp³-hybridized carbons (Fsp3) is 0.273. The predicted octanol–water partition coefficient (Wildman–Crippen LogP) is 4.84. The van der Waals surface area contributed by atoms with Crippen LogP contribution in [0.2, 0.25) is 0 Å². The SMILES string of the molecule is CCC(C)[C@@H](C(=O)O)c1c(C)n(C(=O)c2cccc(F)c2)c2cc(F)c(O)cc12. The number of aromatic hydroxyl groups is 1. The Morgan fingerprint density at radius 2 is 1.86 bits per heavy atom. The zero-order valence-corrected chi connectivity index (χ0v) is 16.2. The molecule has 0 aliphatic carbocycles. The van der Waals surface area contributed by atoms with Crippen molar-refractivity contribution in [2.45, 2.75) is 33.1 Å². The molecule has 2 N–H and O–H groups in total. The number of halogens is 2. The summed E-state index contributed by atoms with van der Waals surface area (Å²) in [6.45, 7) is 5.20. The Kier molecular flexibility index (Phi) is 5.42. The highest BCUT2D eigenvalue weighted by molar-refractivity contribution is 6.05. The number of fused-ring (bicyclic) bond motifs is 1. The lowest BCUT2D eigenvalue weighted by Gasteiger charge is -2.20. The number of carboxylic acids is 1. The lowest BCUT2D eigenvalue weighted by Crippen LogP contribution is -2.21. The van der Waals surface area contributed by atoms with Crippen molar-refractivity contribution in [2.24, 2.45) is 5.92 Å². The molecule has 0 spiro atoms. The van der Waals surface area contributed by atoms with Crippen molar-refractivity contribution in [1.29, 1.82) is 0 Å². The van der Waals surface area contributed by atoms with E-state index in [1.807, 2.05) is 6.92 Å². The summed E-state index contributed by atoms with van der Waals surface area (Å²) in [5.74, 6) is -5.11. The second-order valence-corrected chi connectivity index (χ2v) is 7.17. The summed E-state index contributed by atoms with van der Waals surface area (Å²) in [4.78, 5) is 25.2. The number of hydrogen-bond donors (Lipinski definition) is 2. The second kappa shape index (κ2) is 7.66. The van der Waals surface area contributed by atoms with Crippen LogP contribution in [0.1, 0.15) is 47.8 Å². The molecular formula is C22H21F2NO4. The summed E-state index contributed by atoms with van der Waals surface area (Å²) in [5, 5.41) is 20.0. The molecule has 2 atom stereocenters. The van der Waals surface area contributed by atoms with Gasteiger partial charge in [-0.2, -0.15) is 0 Å². The number of aliphatic carboxylic acids is 1. The molecule has 3 rings (SSSR count). The first-order chi connectivity index (χ1) is 13.7. The number of benzene rings is 2. The standard InChI is InChI=1S/C22H21F2NO4/c1-4-11(2)19(22(28)29)20-12(3)25(17-10-16(24)18(26)9-15(17)20)21(27)13-6-5-7-14(23)8-13/h5-11,19,26H,4H2,1-3H3,(H,28,29)/t11?,19-/m1/s1. The van der Waals surface area contributed by atoms with Gasteiger partial charge in [-0.25, -0.2) is 8.78 Å². The molecule has 0 saturated heterocycles. The van der Waals surface area contributed by atoms with Crippen LogP contribution in [0.25, 0.3) is 10.9 Å². The minimum Gasteiger partial charge on any atom is -0.505 e. The van der Waals surface area contributed by atoms with Crippen molar-refractivity contribution in [2.75, 3.05) is 0 Å². The van der Waals surface area contributed by atoms with E-state index < -0.39 is 35.2 Å². The van der Waals surface area contributed by atoms with Crippen LogP contribution >= 0.6 is 0 Å². The highest BCUT2D eigenvalue weighted by atomic mass is 19.1.